The largest absolute Gasteiger partial charge is 0.403 e. The van der Waals surface area contributed by atoms with Crippen molar-refractivity contribution in [1.82, 2.24) is 10.2 Å². The van der Waals surface area contributed by atoms with Crippen LogP contribution in [-0.2, 0) is 4.79 Å². The summed E-state index contributed by atoms with van der Waals surface area (Å²) in [6.45, 7) is 0. The number of benzene rings is 1. The number of nitro groups is 1. The number of amides is 1. The normalized spacial score (nSPS) is 10.9. The third kappa shape index (κ3) is 4.37. The van der Waals surface area contributed by atoms with Crippen LogP contribution in [0.2, 0.25) is 0 Å². The molecular formula is C15H9BrN4O4S. The van der Waals surface area contributed by atoms with Crippen molar-refractivity contribution in [2.24, 2.45) is 0 Å². The highest BCUT2D eigenvalue weighted by molar-refractivity contribution is 9.10. The van der Waals surface area contributed by atoms with Crippen LogP contribution in [0.3, 0.4) is 0 Å². The number of carbonyl (C=O) groups excluding carboxylic acids is 1. The van der Waals surface area contributed by atoms with Crippen molar-refractivity contribution >= 4 is 50.3 Å². The van der Waals surface area contributed by atoms with Gasteiger partial charge in [-0.3, -0.25) is 20.2 Å². The number of rotatable bonds is 5. The zero-order valence-electron chi connectivity index (χ0n) is 12.4. The molecule has 10 heteroatoms. The summed E-state index contributed by atoms with van der Waals surface area (Å²) < 4.78 is 6.30. The van der Waals surface area contributed by atoms with Crippen LogP contribution in [0, 0.1) is 10.1 Å². The summed E-state index contributed by atoms with van der Waals surface area (Å²) in [5, 5.41) is 20.7. The molecule has 3 aromatic rings. The molecule has 8 nitrogen and oxygen atoms in total. The minimum Gasteiger partial charge on any atom is -0.403 e. The highest BCUT2D eigenvalue weighted by Gasteiger charge is 2.11. The van der Waals surface area contributed by atoms with E-state index in [1.165, 1.54) is 18.2 Å². The fourth-order valence-corrected chi connectivity index (χ4v) is 2.81. The molecule has 0 saturated heterocycles. The maximum absolute atomic E-state index is 11.9. The van der Waals surface area contributed by atoms with Crippen molar-refractivity contribution < 1.29 is 14.1 Å². The summed E-state index contributed by atoms with van der Waals surface area (Å²) in [7, 11) is 0. The fraction of sp³-hybridized carbons (Fsp3) is 0. The maximum Gasteiger partial charge on any atom is 0.324 e. The zero-order valence-corrected chi connectivity index (χ0v) is 14.8. The van der Waals surface area contributed by atoms with Gasteiger partial charge in [-0.05, 0) is 36.4 Å². The molecule has 0 atom stereocenters. The predicted octanol–water partition coefficient (Wildman–Crippen LogP) is 4.12. The van der Waals surface area contributed by atoms with Crippen LogP contribution in [0.5, 0.6) is 0 Å². The lowest BCUT2D eigenvalue weighted by molar-refractivity contribution is -0.380. The second-order valence-electron chi connectivity index (χ2n) is 4.67. The van der Waals surface area contributed by atoms with Crippen molar-refractivity contribution in [2.75, 3.05) is 5.32 Å². The first-order valence-electron chi connectivity index (χ1n) is 6.84. The van der Waals surface area contributed by atoms with Gasteiger partial charge in [0.1, 0.15) is 0 Å². The monoisotopic (exact) mass is 420 g/mol. The lowest BCUT2D eigenvalue weighted by Crippen LogP contribution is -2.07. The van der Waals surface area contributed by atoms with Gasteiger partial charge in [0, 0.05) is 27.1 Å². The molecular weight excluding hydrogens is 412 g/mol. The third-order valence-electron chi connectivity index (χ3n) is 2.94. The number of aromatic nitrogens is 2. The van der Waals surface area contributed by atoms with Crippen LogP contribution in [0.1, 0.15) is 4.88 Å². The molecule has 0 aliphatic carbocycles. The summed E-state index contributed by atoms with van der Waals surface area (Å²) in [6, 6.07) is 10.2. The topological polar surface area (TPSA) is 111 Å². The first-order chi connectivity index (χ1) is 12.0. The molecule has 2 aromatic heterocycles. The smallest absolute Gasteiger partial charge is 0.324 e. The molecule has 0 unspecified atom stereocenters. The fourth-order valence-electron chi connectivity index (χ4n) is 1.82. The Morgan fingerprint density at radius 3 is 2.68 bits per heavy atom. The van der Waals surface area contributed by atoms with Crippen molar-refractivity contribution in [2.45, 2.75) is 0 Å². The number of halogens is 1. The molecule has 126 valence electrons. The average molecular weight is 421 g/mol. The summed E-state index contributed by atoms with van der Waals surface area (Å²) >= 11 is 4.30. The molecule has 0 aliphatic rings. The Bertz CT molecular complexity index is 949. The van der Waals surface area contributed by atoms with Gasteiger partial charge in [0.05, 0.1) is 4.92 Å². The van der Waals surface area contributed by atoms with E-state index < -0.39 is 10.8 Å². The van der Waals surface area contributed by atoms with Gasteiger partial charge in [0.25, 0.3) is 5.91 Å². The third-order valence-corrected chi connectivity index (χ3v) is 4.47. The molecule has 1 amide bonds. The van der Waals surface area contributed by atoms with E-state index in [-0.39, 0.29) is 16.9 Å². The maximum atomic E-state index is 11.9. The van der Waals surface area contributed by atoms with E-state index in [9.17, 15) is 14.9 Å². The molecule has 0 bridgehead atoms. The van der Waals surface area contributed by atoms with E-state index in [0.29, 0.717) is 4.88 Å². The second kappa shape index (κ2) is 7.36. The van der Waals surface area contributed by atoms with Crippen LogP contribution in [0.25, 0.3) is 17.5 Å². The van der Waals surface area contributed by atoms with E-state index in [1.807, 2.05) is 12.1 Å². The van der Waals surface area contributed by atoms with Gasteiger partial charge < -0.3 is 4.42 Å². The number of hydrogen-bond acceptors (Lipinski definition) is 7. The van der Waals surface area contributed by atoms with E-state index in [0.717, 1.165) is 21.4 Å². The average Bonchev–Trinajstić information content (AvgIpc) is 3.23. The highest BCUT2D eigenvalue weighted by atomic mass is 79.9. The lowest BCUT2D eigenvalue weighted by Gasteiger charge is -1.95. The van der Waals surface area contributed by atoms with Crippen LogP contribution in [-0.4, -0.2) is 21.0 Å². The molecule has 1 aromatic carbocycles. The Morgan fingerprint density at radius 2 is 2.00 bits per heavy atom. The number of thiophene rings is 1. The van der Waals surface area contributed by atoms with Gasteiger partial charge in [-0.15, -0.1) is 5.10 Å². The number of anilines is 1. The SMILES string of the molecule is O=C(/C=C/c1ccc([N+](=O)[O-])s1)Nc1nnc(-c2ccc(Br)cc2)o1. The van der Waals surface area contributed by atoms with Crippen LogP contribution < -0.4 is 5.32 Å². The molecule has 0 aliphatic heterocycles. The van der Waals surface area contributed by atoms with Crippen molar-refractivity contribution in [3.8, 4) is 11.5 Å². The van der Waals surface area contributed by atoms with Crippen LogP contribution in [0.4, 0.5) is 11.0 Å². The molecule has 2 heterocycles. The molecule has 0 spiro atoms. The molecule has 0 fully saturated rings. The van der Waals surface area contributed by atoms with Crippen LogP contribution in [0.15, 0.2) is 51.4 Å². The lowest BCUT2D eigenvalue weighted by atomic mass is 10.2. The van der Waals surface area contributed by atoms with E-state index in [1.54, 1.807) is 18.2 Å². The number of nitrogens with one attached hydrogen (secondary N) is 1. The molecule has 3 rings (SSSR count). The van der Waals surface area contributed by atoms with Crippen molar-refractivity contribution in [3.05, 3.63) is 61.9 Å². The minimum absolute atomic E-state index is 0.0103. The standard InChI is InChI=1S/C15H9BrN4O4S/c16-10-3-1-9(2-4-10)14-18-19-15(24-14)17-12(21)7-5-11-6-8-13(25-11)20(22)23/h1-8H,(H,17,19,21)/b7-5+. The Morgan fingerprint density at radius 1 is 1.24 bits per heavy atom. The summed E-state index contributed by atoms with van der Waals surface area (Å²) in [4.78, 5) is 22.6. The summed E-state index contributed by atoms with van der Waals surface area (Å²) in [6.07, 6.45) is 2.71. The zero-order chi connectivity index (χ0) is 17.8. The Balaban J connectivity index is 1.64. The van der Waals surface area contributed by atoms with Gasteiger partial charge in [0.15, 0.2) is 0 Å². The van der Waals surface area contributed by atoms with Crippen molar-refractivity contribution in [3.63, 3.8) is 0 Å². The molecule has 25 heavy (non-hydrogen) atoms. The quantitative estimate of drug-likeness (QED) is 0.377. The number of hydrogen-bond donors (Lipinski definition) is 1. The van der Waals surface area contributed by atoms with Gasteiger partial charge in [-0.25, -0.2) is 0 Å². The number of carbonyl (C=O) groups is 1. The summed E-state index contributed by atoms with van der Waals surface area (Å²) in [5.74, 6) is -0.206. The Hall–Kier alpha value is -2.85. The van der Waals surface area contributed by atoms with Gasteiger partial charge >= 0.3 is 11.0 Å². The minimum atomic E-state index is -0.484. The highest BCUT2D eigenvalue weighted by Crippen LogP contribution is 2.25. The van der Waals surface area contributed by atoms with Gasteiger partial charge in [-0.1, -0.05) is 32.4 Å². The van der Waals surface area contributed by atoms with Crippen molar-refractivity contribution in [1.29, 1.82) is 0 Å². The first kappa shape index (κ1) is 17.0. The first-order valence-corrected chi connectivity index (χ1v) is 8.45. The second-order valence-corrected chi connectivity index (χ2v) is 6.68. The Kier molecular flexibility index (Phi) is 5.00. The Labute approximate surface area is 153 Å². The van der Waals surface area contributed by atoms with Gasteiger partial charge in [0.2, 0.25) is 5.89 Å². The van der Waals surface area contributed by atoms with E-state index in [4.69, 9.17) is 4.42 Å². The van der Waals surface area contributed by atoms with Gasteiger partial charge in [-0.2, -0.15) is 0 Å². The van der Waals surface area contributed by atoms with E-state index >= 15 is 0 Å². The summed E-state index contributed by atoms with van der Waals surface area (Å²) in [5.41, 5.74) is 0.720. The van der Waals surface area contributed by atoms with E-state index in [2.05, 4.69) is 31.4 Å². The molecule has 0 saturated carbocycles. The van der Waals surface area contributed by atoms with Crippen LogP contribution >= 0.6 is 27.3 Å². The predicted molar refractivity (Wildman–Crippen MR) is 96.1 cm³/mol. The number of nitrogens with zero attached hydrogens (tertiary/aromatic N) is 3. The molecule has 1 N–H and O–H groups in total. The molecule has 0 radical (unpaired) electrons.